The van der Waals surface area contributed by atoms with E-state index in [2.05, 4.69) is 15.8 Å². The molecule has 29 heavy (non-hydrogen) atoms. The van der Waals surface area contributed by atoms with Crippen molar-refractivity contribution in [2.45, 2.75) is 0 Å². The van der Waals surface area contributed by atoms with Crippen molar-refractivity contribution in [3.63, 3.8) is 0 Å². The van der Waals surface area contributed by atoms with Crippen molar-refractivity contribution < 1.29 is 18.7 Å². The highest BCUT2D eigenvalue weighted by Gasteiger charge is 2.13. The van der Waals surface area contributed by atoms with E-state index in [1.807, 2.05) is 0 Å². The van der Waals surface area contributed by atoms with Crippen LogP contribution in [0.15, 0.2) is 58.0 Å². The Balaban J connectivity index is 1.30. The number of halogens is 2. The molecular weight excluding hydrogens is 417 g/mol. The Kier molecular flexibility index (Phi) is 5.59. The maximum absolute atomic E-state index is 11.9. The Labute approximate surface area is 176 Å². The van der Waals surface area contributed by atoms with Crippen LogP contribution in [0.25, 0.3) is 11.3 Å². The zero-order valence-electron chi connectivity index (χ0n) is 14.9. The summed E-state index contributed by atoms with van der Waals surface area (Å²) in [6.07, 6.45) is 1.40. The summed E-state index contributed by atoms with van der Waals surface area (Å²) in [5.41, 5.74) is 3.84. The average molecular weight is 432 g/mol. The molecule has 1 aromatic heterocycles. The zero-order valence-corrected chi connectivity index (χ0v) is 16.5. The molecule has 2 aromatic carbocycles. The van der Waals surface area contributed by atoms with Crippen LogP contribution in [0, 0.1) is 0 Å². The fraction of sp³-hybridized carbons (Fsp3) is 0.100. The minimum absolute atomic E-state index is 0.0402. The largest absolute Gasteiger partial charge is 0.455 e. The normalized spacial score (nSPS) is 12.3. The molecule has 0 radical (unpaired) electrons. The Hall–Kier alpha value is -3.16. The molecule has 0 unspecified atom stereocenters. The first kappa shape index (κ1) is 19.2. The number of carbonyl (C=O) groups is 1. The van der Waals surface area contributed by atoms with E-state index in [0.29, 0.717) is 38.6 Å². The molecule has 3 aromatic rings. The van der Waals surface area contributed by atoms with Gasteiger partial charge in [-0.25, -0.2) is 5.43 Å². The number of nitrogens with zero attached hydrogens (tertiary/aromatic N) is 1. The van der Waals surface area contributed by atoms with Crippen LogP contribution in [0.2, 0.25) is 10.0 Å². The lowest BCUT2D eigenvalue weighted by molar-refractivity contribution is -0.119. The van der Waals surface area contributed by atoms with Crippen LogP contribution >= 0.6 is 23.2 Å². The standard InChI is InChI=1S/C20H15Cl2N3O4/c21-12-1-4-16(22)15(7-12)17-6-3-14(29-17)9-24-25-20(26)10-23-13-2-5-18-19(8-13)28-11-27-18/h1-9,23H,10-11H2,(H,25,26)/b24-9-. The third-order valence-corrected chi connectivity index (χ3v) is 4.59. The monoisotopic (exact) mass is 431 g/mol. The number of ether oxygens (including phenoxy) is 2. The van der Waals surface area contributed by atoms with Gasteiger partial charge in [-0.2, -0.15) is 5.10 Å². The van der Waals surface area contributed by atoms with Gasteiger partial charge in [-0.3, -0.25) is 4.79 Å². The number of amides is 1. The predicted octanol–water partition coefficient (Wildman–Crippen LogP) is 4.54. The molecule has 9 heteroatoms. The lowest BCUT2D eigenvalue weighted by Crippen LogP contribution is -2.25. The summed E-state index contributed by atoms with van der Waals surface area (Å²) in [7, 11) is 0. The van der Waals surface area contributed by atoms with Crippen molar-refractivity contribution in [1.82, 2.24) is 5.43 Å². The topological polar surface area (TPSA) is 85.1 Å². The first-order valence-corrected chi connectivity index (χ1v) is 9.35. The highest BCUT2D eigenvalue weighted by atomic mass is 35.5. The zero-order chi connectivity index (χ0) is 20.2. The van der Waals surface area contributed by atoms with Crippen molar-refractivity contribution in [2.24, 2.45) is 5.10 Å². The van der Waals surface area contributed by atoms with Crippen LogP contribution in [-0.4, -0.2) is 25.5 Å². The number of hydrogen-bond acceptors (Lipinski definition) is 6. The van der Waals surface area contributed by atoms with Crippen LogP contribution in [0.3, 0.4) is 0 Å². The first-order chi connectivity index (χ1) is 14.1. The minimum Gasteiger partial charge on any atom is -0.455 e. The molecule has 0 spiro atoms. The lowest BCUT2D eigenvalue weighted by Gasteiger charge is -2.06. The number of hydrazone groups is 1. The van der Waals surface area contributed by atoms with E-state index < -0.39 is 0 Å². The molecule has 0 bridgehead atoms. The van der Waals surface area contributed by atoms with Crippen LogP contribution in [0.1, 0.15) is 5.76 Å². The number of nitrogens with one attached hydrogen (secondary N) is 2. The van der Waals surface area contributed by atoms with Gasteiger partial charge in [0.2, 0.25) is 6.79 Å². The summed E-state index contributed by atoms with van der Waals surface area (Å²) in [5.74, 6) is 2.02. The molecule has 2 heterocycles. The quantitative estimate of drug-likeness (QED) is 0.441. The number of fused-ring (bicyclic) bond motifs is 1. The van der Waals surface area contributed by atoms with Crippen LogP contribution in [-0.2, 0) is 4.79 Å². The van der Waals surface area contributed by atoms with Crippen molar-refractivity contribution in [3.05, 3.63) is 64.3 Å². The summed E-state index contributed by atoms with van der Waals surface area (Å²) in [6, 6.07) is 13.9. The van der Waals surface area contributed by atoms with Gasteiger partial charge >= 0.3 is 0 Å². The highest BCUT2D eigenvalue weighted by Crippen LogP contribution is 2.34. The van der Waals surface area contributed by atoms with E-state index in [1.54, 1.807) is 48.5 Å². The van der Waals surface area contributed by atoms with Gasteiger partial charge in [-0.1, -0.05) is 23.2 Å². The average Bonchev–Trinajstić information content (AvgIpc) is 3.37. The number of anilines is 1. The predicted molar refractivity (Wildman–Crippen MR) is 111 cm³/mol. The molecule has 148 valence electrons. The van der Waals surface area contributed by atoms with E-state index in [1.165, 1.54) is 6.21 Å². The van der Waals surface area contributed by atoms with Gasteiger partial charge in [0, 0.05) is 22.3 Å². The lowest BCUT2D eigenvalue weighted by atomic mass is 10.2. The van der Waals surface area contributed by atoms with Crippen molar-refractivity contribution in [3.8, 4) is 22.8 Å². The second-order valence-electron chi connectivity index (χ2n) is 6.04. The highest BCUT2D eigenvalue weighted by molar-refractivity contribution is 6.35. The molecule has 4 rings (SSSR count). The molecule has 2 N–H and O–H groups in total. The second kappa shape index (κ2) is 8.46. The van der Waals surface area contributed by atoms with E-state index in [4.69, 9.17) is 37.1 Å². The van der Waals surface area contributed by atoms with Crippen molar-refractivity contribution in [1.29, 1.82) is 0 Å². The first-order valence-electron chi connectivity index (χ1n) is 8.59. The van der Waals surface area contributed by atoms with Gasteiger partial charge in [0.05, 0.1) is 17.8 Å². The van der Waals surface area contributed by atoms with Gasteiger partial charge in [-0.15, -0.1) is 0 Å². The maximum Gasteiger partial charge on any atom is 0.259 e. The molecule has 0 atom stereocenters. The molecule has 1 aliphatic rings. The summed E-state index contributed by atoms with van der Waals surface area (Å²) in [4.78, 5) is 11.9. The van der Waals surface area contributed by atoms with E-state index in [-0.39, 0.29) is 19.2 Å². The Bertz CT molecular complexity index is 1080. The molecule has 0 aliphatic carbocycles. The number of rotatable bonds is 6. The Morgan fingerprint density at radius 3 is 2.83 bits per heavy atom. The maximum atomic E-state index is 11.9. The Morgan fingerprint density at radius 1 is 1.07 bits per heavy atom. The van der Waals surface area contributed by atoms with Gasteiger partial charge < -0.3 is 19.2 Å². The summed E-state index contributed by atoms with van der Waals surface area (Å²) in [5, 5.41) is 7.96. The molecule has 1 amide bonds. The SMILES string of the molecule is O=C(CNc1ccc2c(c1)OCO2)N/N=C\c1ccc(-c2cc(Cl)ccc2Cl)o1. The van der Waals surface area contributed by atoms with Gasteiger partial charge in [0.15, 0.2) is 11.5 Å². The van der Waals surface area contributed by atoms with Crippen LogP contribution < -0.4 is 20.2 Å². The molecular formula is C20H15Cl2N3O4. The third-order valence-electron chi connectivity index (χ3n) is 4.03. The smallest absolute Gasteiger partial charge is 0.259 e. The molecule has 0 saturated carbocycles. The van der Waals surface area contributed by atoms with Crippen LogP contribution in [0.5, 0.6) is 11.5 Å². The van der Waals surface area contributed by atoms with E-state index in [9.17, 15) is 4.79 Å². The van der Waals surface area contributed by atoms with Crippen molar-refractivity contribution in [2.75, 3.05) is 18.7 Å². The van der Waals surface area contributed by atoms with Crippen LogP contribution in [0.4, 0.5) is 5.69 Å². The minimum atomic E-state index is -0.316. The summed E-state index contributed by atoms with van der Waals surface area (Å²) < 4.78 is 16.2. The number of furan rings is 1. The van der Waals surface area contributed by atoms with Gasteiger partial charge in [-0.05, 0) is 42.5 Å². The molecule has 0 fully saturated rings. The summed E-state index contributed by atoms with van der Waals surface area (Å²) >= 11 is 12.2. The Morgan fingerprint density at radius 2 is 1.93 bits per heavy atom. The second-order valence-corrected chi connectivity index (χ2v) is 6.88. The molecule has 0 saturated heterocycles. The third kappa shape index (κ3) is 4.64. The summed E-state index contributed by atoms with van der Waals surface area (Å²) in [6.45, 7) is 0.241. The number of benzene rings is 2. The number of hydrogen-bond donors (Lipinski definition) is 2. The number of carbonyl (C=O) groups excluding carboxylic acids is 1. The van der Waals surface area contributed by atoms with E-state index >= 15 is 0 Å². The fourth-order valence-corrected chi connectivity index (χ4v) is 3.03. The van der Waals surface area contributed by atoms with Gasteiger partial charge in [0.25, 0.3) is 5.91 Å². The van der Waals surface area contributed by atoms with Gasteiger partial charge in [0.1, 0.15) is 11.5 Å². The fourth-order valence-electron chi connectivity index (χ4n) is 2.65. The van der Waals surface area contributed by atoms with E-state index in [0.717, 1.165) is 5.69 Å². The molecule has 1 aliphatic heterocycles. The molecule has 7 nitrogen and oxygen atoms in total. The van der Waals surface area contributed by atoms with Crippen molar-refractivity contribution >= 4 is 41.0 Å².